The molecule has 27 heavy (non-hydrogen) atoms. The highest BCUT2D eigenvalue weighted by Gasteiger charge is 2.24. The van der Waals surface area contributed by atoms with Gasteiger partial charge in [0, 0.05) is 50.9 Å². The van der Waals surface area contributed by atoms with Crippen LogP contribution in [-0.2, 0) is 4.79 Å². The number of amides is 2. The van der Waals surface area contributed by atoms with Crippen LogP contribution in [0.3, 0.4) is 0 Å². The van der Waals surface area contributed by atoms with Crippen LogP contribution in [0, 0.1) is 10.1 Å². The first-order valence-corrected chi connectivity index (χ1v) is 8.61. The van der Waals surface area contributed by atoms with Crippen molar-refractivity contribution in [2.24, 2.45) is 0 Å². The van der Waals surface area contributed by atoms with Crippen LogP contribution in [0.2, 0.25) is 0 Å². The molecule has 1 saturated heterocycles. The minimum Gasteiger partial charge on any atom is -0.368 e. The van der Waals surface area contributed by atoms with Gasteiger partial charge in [0.2, 0.25) is 5.91 Å². The maximum Gasteiger partial charge on any atom is 0.269 e. The third-order valence-corrected chi connectivity index (χ3v) is 4.46. The van der Waals surface area contributed by atoms with E-state index < -0.39 is 4.92 Å². The number of para-hydroxylation sites is 1. The monoisotopic (exact) mass is 368 g/mol. The van der Waals surface area contributed by atoms with Crippen molar-refractivity contribution in [2.75, 3.05) is 36.4 Å². The molecule has 8 nitrogen and oxygen atoms in total. The summed E-state index contributed by atoms with van der Waals surface area (Å²) in [6, 6.07) is 13.4. The predicted molar refractivity (Wildman–Crippen MR) is 102 cm³/mol. The Morgan fingerprint density at radius 2 is 1.63 bits per heavy atom. The molecule has 1 aliphatic heterocycles. The molecule has 2 aromatic rings. The summed E-state index contributed by atoms with van der Waals surface area (Å²) in [5.41, 5.74) is 1.93. The summed E-state index contributed by atoms with van der Waals surface area (Å²) in [6.45, 7) is 3.73. The average Bonchev–Trinajstić information content (AvgIpc) is 2.68. The van der Waals surface area contributed by atoms with Crippen molar-refractivity contribution in [3.63, 3.8) is 0 Å². The van der Waals surface area contributed by atoms with E-state index in [-0.39, 0.29) is 17.5 Å². The van der Waals surface area contributed by atoms with Crippen LogP contribution in [0.25, 0.3) is 0 Å². The number of nitrogens with zero attached hydrogens (tertiary/aromatic N) is 3. The van der Waals surface area contributed by atoms with Gasteiger partial charge in [-0.05, 0) is 24.3 Å². The van der Waals surface area contributed by atoms with E-state index in [1.54, 1.807) is 41.3 Å². The summed E-state index contributed by atoms with van der Waals surface area (Å²) >= 11 is 0. The van der Waals surface area contributed by atoms with Crippen LogP contribution in [-0.4, -0.2) is 47.8 Å². The van der Waals surface area contributed by atoms with Crippen molar-refractivity contribution < 1.29 is 14.5 Å². The van der Waals surface area contributed by atoms with E-state index in [4.69, 9.17) is 0 Å². The molecule has 8 heteroatoms. The highest BCUT2D eigenvalue weighted by molar-refractivity contribution is 6.03. The highest BCUT2D eigenvalue weighted by atomic mass is 16.6. The van der Waals surface area contributed by atoms with Gasteiger partial charge in [-0.2, -0.15) is 0 Å². The number of rotatable bonds is 4. The molecule has 1 heterocycles. The van der Waals surface area contributed by atoms with Gasteiger partial charge in [0.05, 0.1) is 16.2 Å². The van der Waals surface area contributed by atoms with Crippen molar-refractivity contribution in [3.05, 3.63) is 64.2 Å². The van der Waals surface area contributed by atoms with Gasteiger partial charge in [-0.3, -0.25) is 19.7 Å². The van der Waals surface area contributed by atoms with E-state index in [1.165, 1.54) is 19.1 Å². The van der Waals surface area contributed by atoms with E-state index in [0.717, 1.165) is 5.69 Å². The lowest BCUT2D eigenvalue weighted by molar-refractivity contribution is -0.384. The van der Waals surface area contributed by atoms with Gasteiger partial charge < -0.3 is 15.1 Å². The number of nitrogens with one attached hydrogen (secondary N) is 1. The van der Waals surface area contributed by atoms with Crippen molar-refractivity contribution in [3.8, 4) is 0 Å². The van der Waals surface area contributed by atoms with Gasteiger partial charge in [0.15, 0.2) is 0 Å². The maximum atomic E-state index is 12.8. The quantitative estimate of drug-likeness (QED) is 0.661. The van der Waals surface area contributed by atoms with Crippen molar-refractivity contribution in [1.82, 2.24) is 4.90 Å². The van der Waals surface area contributed by atoms with Crippen molar-refractivity contribution in [2.45, 2.75) is 6.92 Å². The molecule has 0 aromatic heterocycles. The second-order valence-corrected chi connectivity index (χ2v) is 6.28. The number of anilines is 2. The fourth-order valence-corrected chi connectivity index (χ4v) is 3.09. The Balaban J connectivity index is 1.66. The SMILES string of the molecule is CC(=O)Nc1ccccc1C(=O)N1CCN(c2ccc([N+](=O)[O-])cc2)CC1. The van der Waals surface area contributed by atoms with Gasteiger partial charge in [-0.25, -0.2) is 0 Å². The summed E-state index contributed by atoms with van der Waals surface area (Å²) in [7, 11) is 0. The van der Waals surface area contributed by atoms with E-state index in [2.05, 4.69) is 10.2 Å². The highest BCUT2D eigenvalue weighted by Crippen LogP contribution is 2.22. The molecule has 2 amide bonds. The summed E-state index contributed by atoms with van der Waals surface area (Å²) in [5.74, 6) is -0.346. The Hall–Kier alpha value is -3.42. The molecule has 140 valence electrons. The first-order valence-electron chi connectivity index (χ1n) is 8.61. The topological polar surface area (TPSA) is 95.8 Å². The zero-order valence-electron chi connectivity index (χ0n) is 14.9. The van der Waals surface area contributed by atoms with Gasteiger partial charge in [-0.15, -0.1) is 0 Å². The standard InChI is InChI=1S/C19H20N4O4/c1-14(24)20-18-5-3-2-4-17(18)19(25)22-12-10-21(11-13-22)15-6-8-16(9-7-15)23(26)27/h2-9H,10-13H2,1H3,(H,20,24). The Kier molecular flexibility index (Phi) is 5.35. The Bertz CT molecular complexity index is 858. The van der Waals surface area contributed by atoms with Crippen LogP contribution < -0.4 is 10.2 Å². The normalized spacial score (nSPS) is 14.0. The van der Waals surface area contributed by atoms with E-state index >= 15 is 0 Å². The first kappa shape index (κ1) is 18.4. The molecular weight excluding hydrogens is 348 g/mol. The number of non-ortho nitro benzene ring substituents is 1. The summed E-state index contributed by atoms with van der Waals surface area (Å²) in [5, 5.41) is 13.4. The van der Waals surface area contributed by atoms with E-state index in [1.807, 2.05) is 0 Å². The van der Waals surface area contributed by atoms with Crippen LogP contribution in [0.5, 0.6) is 0 Å². The largest absolute Gasteiger partial charge is 0.368 e. The number of piperazine rings is 1. The Morgan fingerprint density at radius 3 is 2.22 bits per heavy atom. The lowest BCUT2D eigenvalue weighted by Crippen LogP contribution is -2.48. The fraction of sp³-hybridized carbons (Fsp3) is 0.263. The minimum absolute atomic E-state index is 0.0575. The molecule has 0 saturated carbocycles. The lowest BCUT2D eigenvalue weighted by atomic mass is 10.1. The molecule has 0 spiro atoms. The number of hydrogen-bond acceptors (Lipinski definition) is 5. The number of carbonyl (C=O) groups is 2. The third-order valence-electron chi connectivity index (χ3n) is 4.46. The molecule has 0 aliphatic carbocycles. The number of benzene rings is 2. The molecule has 0 atom stereocenters. The maximum absolute atomic E-state index is 12.8. The zero-order valence-corrected chi connectivity index (χ0v) is 14.9. The number of hydrogen-bond donors (Lipinski definition) is 1. The van der Waals surface area contributed by atoms with Gasteiger partial charge in [0.1, 0.15) is 0 Å². The molecule has 3 rings (SSSR count). The molecule has 2 aromatic carbocycles. The van der Waals surface area contributed by atoms with Crippen molar-refractivity contribution in [1.29, 1.82) is 0 Å². The minimum atomic E-state index is -0.424. The van der Waals surface area contributed by atoms with E-state index in [9.17, 15) is 19.7 Å². The smallest absolute Gasteiger partial charge is 0.269 e. The molecule has 0 radical (unpaired) electrons. The van der Waals surface area contributed by atoms with Gasteiger partial charge >= 0.3 is 0 Å². The average molecular weight is 368 g/mol. The first-order chi connectivity index (χ1) is 13.0. The lowest BCUT2D eigenvalue weighted by Gasteiger charge is -2.36. The second-order valence-electron chi connectivity index (χ2n) is 6.28. The van der Waals surface area contributed by atoms with Crippen LogP contribution in [0.15, 0.2) is 48.5 Å². The molecule has 1 N–H and O–H groups in total. The van der Waals surface area contributed by atoms with Gasteiger partial charge in [-0.1, -0.05) is 12.1 Å². The van der Waals surface area contributed by atoms with Crippen LogP contribution in [0.1, 0.15) is 17.3 Å². The summed E-state index contributed by atoms with van der Waals surface area (Å²) in [6.07, 6.45) is 0. The molecule has 1 fully saturated rings. The molecule has 1 aliphatic rings. The van der Waals surface area contributed by atoms with Crippen LogP contribution in [0.4, 0.5) is 17.1 Å². The molecule has 0 bridgehead atoms. The Labute approximate surface area is 156 Å². The van der Waals surface area contributed by atoms with Crippen LogP contribution >= 0.6 is 0 Å². The Morgan fingerprint density at radius 1 is 1.00 bits per heavy atom. The fourth-order valence-electron chi connectivity index (χ4n) is 3.09. The summed E-state index contributed by atoms with van der Waals surface area (Å²) in [4.78, 5) is 38.4. The zero-order chi connectivity index (χ0) is 19.4. The predicted octanol–water partition coefficient (Wildman–Crippen LogP) is 2.52. The molecular formula is C19H20N4O4. The van der Waals surface area contributed by atoms with Gasteiger partial charge in [0.25, 0.3) is 11.6 Å². The second kappa shape index (κ2) is 7.86. The number of carbonyl (C=O) groups excluding carboxylic acids is 2. The summed E-state index contributed by atoms with van der Waals surface area (Å²) < 4.78 is 0. The third kappa shape index (κ3) is 4.22. The number of nitro groups is 1. The van der Waals surface area contributed by atoms with E-state index in [0.29, 0.717) is 37.4 Å². The van der Waals surface area contributed by atoms with Crippen molar-refractivity contribution >= 4 is 28.9 Å². The molecule has 0 unspecified atom stereocenters. The number of nitro benzene ring substituents is 1.